The van der Waals surface area contributed by atoms with E-state index in [1.807, 2.05) is 24.0 Å². The lowest BCUT2D eigenvalue weighted by atomic mass is 10.1. The van der Waals surface area contributed by atoms with Gasteiger partial charge in [0, 0.05) is 38.8 Å². The first-order valence-corrected chi connectivity index (χ1v) is 6.75. The Bertz CT molecular complexity index is 417. The van der Waals surface area contributed by atoms with Gasteiger partial charge < -0.3 is 15.7 Å². The molecule has 1 aliphatic heterocycles. The number of β-amino-alcohol motifs (C(OH)–C–C–N with tert-alkyl or cyclic N) is 1. The van der Waals surface area contributed by atoms with E-state index in [1.54, 1.807) is 0 Å². The van der Waals surface area contributed by atoms with Gasteiger partial charge in [0.25, 0.3) is 0 Å². The molecular weight excluding hydrogens is 245 g/mol. The van der Waals surface area contributed by atoms with Crippen molar-refractivity contribution in [1.82, 2.24) is 4.90 Å². The molecule has 1 atom stereocenters. The zero-order valence-corrected chi connectivity index (χ0v) is 11.3. The zero-order chi connectivity index (χ0) is 13.8. The maximum atomic E-state index is 14.1. The van der Waals surface area contributed by atoms with Gasteiger partial charge in [-0.25, -0.2) is 4.39 Å². The molecule has 0 aliphatic carbocycles. The number of hydrogen-bond donors (Lipinski definition) is 2. The lowest BCUT2D eigenvalue weighted by Gasteiger charge is -2.36. The average Bonchev–Trinajstić information content (AvgIpc) is 2.40. The van der Waals surface area contributed by atoms with Crippen LogP contribution in [0.15, 0.2) is 18.2 Å². The fourth-order valence-electron chi connectivity index (χ4n) is 2.42. The van der Waals surface area contributed by atoms with Gasteiger partial charge >= 0.3 is 0 Å². The van der Waals surface area contributed by atoms with Crippen LogP contribution in [-0.2, 0) is 0 Å². The third-order valence-electron chi connectivity index (χ3n) is 3.63. The highest BCUT2D eigenvalue weighted by atomic mass is 19.1. The summed E-state index contributed by atoms with van der Waals surface area (Å²) in [5, 5.41) is 8.90. The minimum Gasteiger partial charge on any atom is -0.395 e. The Hall–Kier alpha value is -1.17. The topological polar surface area (TPSA) is 52.7 Å². The zero-order valence-electron chi connectivity index (χ0n) is 11.3. The SMILES string of the molecule is CC(N)c1ccc(N2CCN(CCO)CC2)c(F)c1. The second kappa shape index (κ2) is 6.32. The van der Waals surface area contributed by atoms with Crippen LogP contribution in [0.25, 0.3) is 0 Å². The van der Waals surface area contributed by atoms with E-state index in [1.165, 1.54) is 6.07 Å². The quantitative estimate of drug-likeness (QED) is 0.853. The highest BCUT2D eigenvalue weighted by Gasteiger charge is 2.19. The van der Waals surface area contributed by atoms with Gasteiger partial charge in [-0.15, -0.1) is 0 Å². The van der Waals surface area contributed by atoms with Crippen LogP contribution < -0.4 is 10.6 Å². The summed E-state index contributed by atoms with van der Waals surface area (Å²) in [6.07, 6.45) is 0. The Morgan fingerprint density at radius 2 is 2.00 bits per heavy atom. The van der Waals surface area contributed by atoms with Crippen LogP contribution in [0.1, 0.15) is 18.5 Å². The van der Waals surface area contributed by atoms with Crippen LogP contribution in [0.4, 0.5) is 10.1 Å². The molecule has 1 fully saturated rings. The summed E-state index contributed by atoms with van der Waals surface area (Å²) in [5.41, 5.74) is 7.22. The maximum absolute atomic E-state index is 14.1. The molecule has 0 saturated carbocycles. The predicted octanol–water partition coefficient (Wildman–Crippen LogP) is 0.960. The van der Waals surface area contributed by atoms with E-state index in [9.17, 15) is 4.39 Å². The van der Waals surface area contributed by atoms with Crippen molar-refractivity contribution in [2.45, 2.75) is 13.0 Å². The van der Waals surface area contributed by atoms with Gasteiger partial charge in [0.2, 0.25) is 0 Å². The highest BCUT2D eigenvalue weighted by Crippen LogP contribution is 2.23. The van der Waals surface area contributed by atoms with Crippen LogP contribution in [0, 0.1) is 5.82 Å². The Kier molecular flexibility index (Phi) is 4.74. The number of halogens is 1. The van der Waals surface area contributed by atoms with Crippen molar-refractivity contribution in [3.8, 4) is 0 Å². The van der Waals surface area contributed by atoms with Crippen LogP contribution >= 0.6 is 0 Å². The molecule has 0 spiro atoms. The third-order valence-corrected chi connectivity index (χ3v) is 3.63. The molecular formula is C14H22FN3O. The predicted molar refractivity (Wildman–Crippen MR) is 74.7 cm³/mol. The first-order valence-electron chi connectivity index (χ1n) is 6.75. The van der Waals surface area contributed by atoms with E-state index in [0.717, 1.165) is 31.7 Å². The molecule has 0 amide bonds. The van der Waals surface area contributed by atoms with Crippen molar-refractivity contribution in [3.05, 3.63) is 29.6 Å². The van der Waals surface area contributed by atoms with Crippen LogP contribution in [0.2, 0.25) is 0 Å². The summed E-state index contributed by atoms with van der Waals surface area (Å²) in [7, 11) is 0. The normalized spacial score (nSPS) is 18.6. The summed E-state index contributed by atoms with van der Waals surface area (Å²) >= 11 is 0. The molecule has 106 valence electrons. The summed E-state index contributed by atoms with van der Waals surface area (Å²) in [4.78, 5) is 4.24. The molecule has 0 bridgehead atoms. The summed E-state index contributed by atoms with van der Waals surface area (Å²) in [6.45, 7) is 6.01. The fourth-order valence-corrected chi connectivity index (χ4v) is 2.42. The summed E-state index contributed by atoms with van der Waals surface area (Å²) in [5.74, 6) is -0.203. The number of anilines is 1. The molecule has 1 heterocycles. The van der Waals surface area contributed by atoms with E-state index in [-0.39, 0.29) is 18.5 Å². The van der Waals surface area contributed by atoms with Gasteiger partial charge in [0.15, 0.2) is 0 Å². The van der Waals surface area contributed by atoms with Crippen molar-refractivity contribution in [1.29, 1.82) is 0 Å². The average molecular weight is 267 g/mol. The number of hydrogen-bond acceptors (Lipinski definition) is 4. The summed E-state index contributed by atoms with van der Waals surface area (Å²) < 4.78 is 14.1. The Balaban J connectivity index is 2.03. The molecule has 19 heavy (non-hydrogen) atoms. The smallest absolute Gasteiger partial charge is 0.146 e. The monoisotopic (exact) mass is 267 g/mol. The van der Waals surface area contributed by atoms with Crippen molar-refractivity contribution in [2.24, 2.45) is 5.73 Å². The number of aliphatic hydroxyl groups is 1. The Morgan fingerprint density at radius 1 is 1.32 bits per heavy atom. The molecule has 1 unspecified atom stereocenters. The van der Waals surface area contributed by atoms with E-state index < -0.39 is 0 Å². The standard InChI is InChI=1S/C14H22FN3O/c1-11(16)12-2-3-14(13(15)10-12)18-6-4-17(5-7-18)8-9-19/h2-3,10-11,19H,4-9,16H2,1H3. The van der Waals surface area contributed by atoms with E-state index >= 15 is 0 Å². The lowest BCUT2D eigenvalue weighted by Crippen LogP contribution is -2.47. The van der Waals surface area contributed by atoms with E-state index in [2.05, 4.69) is 4.90 Å². The Morgan fingerprint density at radius 3 is 2.53 bits per heavy atom. The summed E-state index contributed by atoms with van der Waals surface area (Å²) in [6, 6.07) is 5.09. The van der Waals surface area contributed by atoms with E-state index in [4.69, 9.17) is 10.8 Å². The third kappa shape index (κ3) is 3.43. The largest absolute Gasteiger partial charge is 0.395 e. The second-order valence-electron chi connectivity index (χ2n) is 5.05. The van der Waals surface area contributed by atoms with Crippen molar-refractivity contribution < 1.29 is 9.50 Å². The molecule has 0 radical (unpaired) electrons. The van der Waals surface area contributed by atoms with E-state index in [0.29, 0.717) is 12.2 Å². The number of nitrogens with zero attached hydrogens (tertiary/aromatic N) is 2. The van der Waals surface area contributed by atoms with Gasteiger partial charge in [-0.1, -0.05) is 6.07 Å². The number of piperazine rings is 1. The molecule has 1 saturated heterocycles. The van der Waals surface area contributed by atoms with Gasteiger partial charge in [-0.05, 0) is 24.6 Å². The molecule has 2 rings (SSSR count). The number of nitrogens with two attached hydrogens (primary N) is 1. The Labute approximate surface area is 113 Å². The highest BCUT2D eigenvalue weighted by molar-refractivity contribution is 5.50. The number of aliphatic hydroxyl groups excluding tert-OH is 1. The molecule has 0 aromatic heterocycles. The van der Waals surface area contributed by atoms with Gasteiger partial charge in [-0.3, -0.25) is 4.90 Å². The molecule has 1 aliphatic rings. The number of rotatable bonds is 4. The first-order chi connectivity index (χ1) is 9.11. The van der Waals surface area contributed by atoms with Gasteiger partial charge in [0.1, 0.15) is 5.82 Å². The number of benzene rings is 1. The van der Waals surface area contributed by atoms with Crippen molar-refractivity contribution in [2.75, 3.05) is 44.2 Å². The minimum absolute atomic E-state index is 0.148. The maximum Gasteiger partial charge on any atom is 0.146 e. The van der Waals surface area contributed by atoms with Crippen LogP contribution in [-0.4, -0.2) is 49.3 Å². The first kappa shape index (κ1) is 14.2. The van der Waals surface area contributed by atoms with Crippen molar-refractivity contribution in [3.63, 3.8) is 0 Å². The molecule has 4 nitrogen and oxygen atoms in total. The molecule has 1 aromatic rings. The second-order valence-corrected chi connectivity index (χ2v) is 5.05. The molecule has 5 heteroatoms. The van der Waals surface area contributed by atoms with Crippen LogP contribution in [0.5, 0.6) is 0 Å². The fraction of sp³-hybridized carbons (Fsp3) is 0.571. The minimum atomic E-state index is -0.203. The molecule has 3 N–H and O–H groups in total. The van der Waals surface area contributed by atoms with Crippen LogP contribution in [0.3, 0.4) is 0 Å². The molecule has 1 aromatic carbocycles. The van der Waals surface area contributed by atoms with Crippen molar-refractivity contribution >= 4 is 5.69 Å². The lowest BCUT2D eigenvalue weighted by molar-refractivity contribution is 0.188. The van der Waals surface area contributed by atoms with Gasteiger partial charge in [0.05, 0.1) is 12.3 Å². The van der Waals surface area contributed by atoms with Gasteiger partial charge in [-0.2, -0.15) is 0 Å².